The highest BCUT2D eigenvalue weighted by molar-refractivity contribution is 5.94. The SMILES string of the molecule is CCOc1cccc(C(=O)NCC(CC(C)C)C(=O)O)c1. The third kappa shape index (κ3) is 5.85. The molecule has 0 fully saturated rings. The minimum absolute atomic E-state index is 0.130. The van der Waals surface area contributed by atoms with E-state index in [0.717, 1.165) is 0 Å². The molecular formula is C16H23NO4. The quantitative estimate of drug-likeness (QED) is 0.772. The van der Waals surface area contributed by atoms with Gasteiger partial charge in [-0.2, -0.15) is 0 Å². The molecule has 1 rings (SSSR count). The molecule has 116 valence electrons. The summed E-state index contributed by atoms with van der Waals surface area (Å²) in [6, 6.07) is 6.84. The van der Waals surface area contributed by atoms with Crippen LogP contribution in [-0.2, 0) is 4.79 Å². The van der Waals surface area contributed by atoms with Gasteiger partial charge in [0.25, 0.3) is 5.91 Å². The molecule has 0 aliphatic heterocycles. The van der Waals surface area contributed by atoms with Crippen molar-refractivity contribution in [2.24, 2.45) is 11.8 Å². The summed E-state index contributed by atoms with van der Waals surface area (Å²) in [6.45, 7) is 6.45. The summed E-state index contributed by atoms with van der Waals surface area (Å²) < 4.78 is 5.34. The number of carboxylic acids is 1. The van der Waals surface area contributed by atoms with E-state index in [9.17, 15) is 9.59 Å². The van der Waals surface area contributed by atoms with Gasteiger partial charge in [-0.1, -0.05) is 19.9 Å². The average molecular weight is 293 g/mol. The van der Waals surface area contributed by atoms with Crippen molar-refractivity contribution in [2.45, 2.75) is 27.2 Å². The van der Waals surface area contributed by atoms with Crippen LogP contribution in [0.3, 0.4) is 0 Å². The lowest BCUT2D eigenvalue weighted by molar-refractivity contribution is -0.142. The standard InChI is InChI=1S/C16H23NO4/c1-4-21-14-7-5-6-12(9-14)15(18)17-10-13(16(19)20)8-11(2)3/h5-7,9,11,13H,4,8,10H2,1-3H3,(H,17,18)(H,19,20). The zero-order valence-electron chi connectivity index (χ0n) is 12.8. The second kappa shape index (κ2) is 8.29. The van der Waals surface area contributed by atoms with Crippen molar-refractivity contribution in [2.75, 3.05) is 13.2 Å². The topological polar surface area (TPSA) is 75.6 Å². The van der Waals surface area contributed by atoms with Crippen molar-refractivity contribution in [1.29, 1.82) is 0 Å². The molecule has 0 heterocycles. The maximum atomic E-state index is 12.1. The average Bonchev–Trinajstić information content (AvgIpc) is 2.43. The van der Waals surface area contributed by atoms with Crippen LogP contribution < -0.4 is 10.1 Å². The predicted octanol–water partition coefficient (Wildman–Crippen LogP) is 2.56. The molecule has 0 aliphatic rings. The van der Waals surface area contributed by atoms with Gasteiger partial charge in [0, 0.05) is 12.1 Å². The minimum atomic E-state index is -0.882. The van der Waals surface area contributed by atoms with Crippen molar-refractivity contribution in [1.82, 2.24) is 5.32 Å². The Hall–Kier alpha value is -2.04. The van der Waals surface area contributed by atoms with Gasteiger partial charge in [-0.25, -0.2) is 0 Å². The number of rotatable bonds is 8. The summed E-state index contributed by atoms with van der Waals surface area (Å²) in [5.74, 6) is -0.839. The van der Waals surface area contributed by atoms with Crippen LogP contribution in [0.5, 0.6) is 5.75 Å². The Morgan fingerprint density at radius 3 is 2.62 bits per heavy atom. The van der Waals surface area contributed by atoms with E-state index in [2.05, 4.69) is 5.32 Å². The monoisotopic (exact) mass is 293 g/mol. The fraction of sp³-hybridized carbons (Fsp3) is 0.500. The molecule has 5 nitrogen and oxygen atoms in total. The van der Waals surface area contributed by atoms with Crippen molar-refractivity contribution in [3.05, 3.63) is 29.8 Å². The number of carboxylic acid groups (broad SMARTS) is 1. The fourth-order valence-corrected chi connectivity index (χ4v) is 2.05. The maximum absolute atomic E-state index is 12.1. The fourth-order valence-electron chi connectivity index (χ4n) is 2.05. The first-order valence-electron chi connectivity index (χ1n) is 7.17. The van der Waals surface area contributed by atoms with Crippen LogP contribution in [0, 0.1) is 11.8 Å². The van der Waals surface area contributed by atoms with Crippen molar-refractivity contribution in [3.8, 4) is 5.75 Å². The largest absolute Gasteiger partial charge is 0.494 e. The third-order valence-electron chi connectivity index (χ3n) is 3.02. The second-order valence-corrected chi connectivity index (χ2v) is 5.34. The first kappa shape index (κ1) is 17.0. The van der Waals surface area contributed by atoms with Gasteiger partial charge in [-0.3, -0.25) is 9.59 Å². The normalized spacial score (nSPS) is 12.0. The zero-order valence-corrected chi connectivity index (χ0v) is 12.8. The minimum Gasteiger partial charge on any atom is -0.494 e. The van der Waals surface area contributed by atoms with E-state index >= 15 is 0 Å². The van der Waals surface area contributed by atoms with E-state index in [0.29, 0.717) is 24.3 Å². The Bertz CT molecular complexity index is 485. The van der Waals surface area contributed by atoms with Gasteiger partial charge >= 0.3 is 5.97 Å². The lowest BCUT2D eigenvalue weighted by Crippen LogP contribution is -2.33. The number of ether oxygens (including phenoxy) is 1. The highest BCUT2D eigenvalue weighted by atomic mass is 16.5. The molecule has 5 heteroatoms. The highest BCUT2D eigenvalue weighted by Gasteiger charge is 2.20. The van der Waals surface area contributed by atoms with Gasteiger partial charge in [0.1, 0.15) is 5.75 Å². The van der Waals surface area contributed by atoms with E-state index in [1.165, 1.54) is 0 Å². The molecule has 0 bridgehead atoms. The van der Waals surface area contributed by atoms with Crippen molar-refractivity contribution >= 4 is 11.9 Å². The predicted molar refractivity (Wildman–Crippen MR) is 80.5 cm³/mol. The second-order valence-electron chi connectivity index (χ2n) is 5.34. The molecule has 0 aliphatic carbocycles. The van der Waals surface area contributed by atoms with Gasteiger partial charge in [0.2, 0.25) is 0 Å². The molecule has 0 radical (unpaired) electrons. The number of hydrogen-bond donors (Lipinski definition) is 2. The molecule has 0 spiro atoms. The molecule has 1 unspecified atom stereocenters. The summed E-state index contributed by atoms with van der Waals surface area (Å²) in [5.41, 5.74) is 0.467. The van der Waals surface area contributed by atoms with Crippen LogP contribution in [0.4, 0.5) is 0 Å². The third-order valence-corrected chi connectivity index (χ3v) is 3.02. The Morgan fingerprint density at radius 2 is 2.05 bits per heavy atom. The number of hydrogen-bond acceptors (Lipinski definition) is 3. The molecular weight excluding hydrogens is 270 g/mol. The van der Waals surface area contributed by atoms with Crippen molar-refractivity contribution < 1.29 is 19.4 Å². The first-order chi connectivity index (χ1) is 9.93. The molecule has 21 heavy (non-hydrogen) atoms. The number of amides is 1. The molecule has 0 aromatic heterocycles. The zero-order chi connectivity index (χ0) is 15.8. The number of carbonyl (C=O) groups excluding carboxylic acids is 1. The number of nitrogens with one attached hydrogen (secondary N) is 1. The van der Waals surface area contributed by atoms with E-state index < -0.39 is 11.9 Å². The van der Waals surface area contributed by atoms with Crippen LogP contribution in [-0.4, -0.2) is 30.1 Å². The molecule has 1 aromatic rings. The summed E-state index contributed by atoms with van der Waals surface area (Å²) in [6.07, 6.45) is 0.536. The van der Waals surface area contributed by atoms with E-state index in [4.69, 9.17) is 9.84 Å². The van der Waals surface area contributed by atoms with Crippen LogP contribution in [0.1, 0.15) is 37.6 Å². The number of benzene rings is 1. The smallest absolute Gasteiger partial charge is 0.308 e. The summed E-state index contributed by atoms with van der Waals surface area (Å²) in [5, 5.41) is 11.8. The molecule has 0 saturated carbocycles. The lowest BCUT2D eigenvalue weighted by Gasteiger charge is -2.15. The highest BCUT2D eigenvalue weighted by Crippen LogP contribution is 2.14. The van der Waals surface area contributed by atoms with E-state index in [-0.39, 0.29) is 18.4 Å². The molecule has 1 aromatic carbocycles. The summed E-state index contributed by atoms with van der Waals surface area (Å²) >= 11 is 0. The lowest BCUT2D eigenvalue weighted by atomic mass is 9.97. The summed E-state index contributed by atoms with van der Waals surface area (Å²) in [7, 11) is 0. The first-order valence-corrected chi connectivity index (χ1v) is 7.17. The molecule has 1 atom stereocenters. The maximum Gasteiger partial charge on any atom is 0.308 e. The van der Waals surface area contributed by atoms with Crippen LogP contribution in [0.2, 0.25) is 0 Å². The van der Waals surface area contributed by atoms with Gasteiger partial charge in [0.15, 0.2) is 0 Å². The Kier molecular flexibility index (Phi) is 6.72. The Labute approximate surface area is 125 Å². The molecule has 0 saturated heterocycles. The van der Waals surface area contributed by atoms with Crippen LogP contribution in [0.25, 0.3) is 0 Å². The molecule has 1 amide bonds. The van der Waals surface area contributed by atoms with Gasteiger partial charge in [0.05, 0.1) is 12.5 Å². The van der Waals surface area contributed by atoms with Gasteiger partial charge < -0.3 is 15.2 Å². The summed E-state index contributed by atoms with van der Waals surface area (Å²) in [4.78, 5) is 23.2. The Balaban J connectivity index is 2.63. The van der Waals surface area contributed by atoms with Gasteiger partial charge in [-0.05, 0) is 37.5 Å². The number of aliphatic carboxylic acids is 1. The van der Waals surface area contributed by atoms with Gasteiger partial charge in [-0.15, -0.1) is 0 Å². The van der Waals surface area contributed by atoms with Crippen LogP contribution in [0.15, 0.2) is 24.3 Å². The number of carbonyl (C=O) groups is 2. The van der Waals surface area contributed by atoms with E-state index in [1.807, 2.05) is 20.8 Å². The van der Waals surface area contributed by atoms with Crippen LogP contribution >= 0.6 is 0 Å². The van der Waals surface area contributed by atoms with Crippen molar-refractivity contribution in [3.63, 3.8) is 0 Å². The van der Waals surface area contributed by atoms with E-state index in [1.54, 1.807) is 24.3 Å². The Morgan fingerprint density at radius 1 is 1.33 bits per heavy atom. The molecule has 2 N–H and O–H groups in total.